The average molecular weight is 262 g/mol. The van der Waals surface area contributed by atoms with Crippen LogP contribution < -0.4 is 10.6 Å². The van der Waals surface area contributed by atoms with Crippen molar-refractivity contribution in [1.29, 1.82) is 0 Å². The summed E-state index contributed by atoms with van der Waals surface area (Å²) in [7, 11) is 0. The van der Waals surface area contributed by atoms with Gasteiger partial charge in [-0.25, -0.2) is 0 Å². The molecule has 1 saturated heterocycles. The van der Waals surface area contributed by atoms with Gasteiger partial charge in [0.2, 0.25) is 11.8 Å². The van der Waals surface area contributed by atoms with E-state index in [4.69, 9.17) is 5.11 Å². The second kappa shape index (κ2) is 5.30. The summed E-state index contributed by atoms with van der Waals surface area (Å²) >= 11 is 0. The van der Waals surface area contributed by atoms with E-state index in [2.05, 4.69) is 10.6 Å². The topological polar surface area (TPSA) is 78.4 Å². The molecule has 0 radical (unpaired) electrons. The van der Waals surface area contributed by atoms with Gasteiger partial charge in [0, 0.05) is 19.5 Å². The number of carbonyl (C=O) groups is 2. The SMILES string of the molecule is CC1(C(=O)NCCc2ccc(O)cc2)CNC(=O)C1. The van der Waals surface area contributed by atoms with Crippen molar-refractivity contribution >= 4 is 11.8 Å². The molecule has 1 unspecified atom stereocenters. The normalized spacial score (nSPS) is 22.1. The summed E-state index contributed by atoms with van der Waals surface area (Å²) in [5.74, 6) is 0.0663. The highest BCUT2D eigenvalue weighted by atomic mass is 16.3. The number of phenols is 1. The zero-order valence-electron chi connectivity index (χ0n) is 10.9. The molecule has 0 aliphatic carbocycles. The minimum Gasteiger partial charge on any atom is -0.508 e. The number of benzene rings is 1. The third-order valence-corrected chi connectivity index (χ3v) is 3.41. The second-order valence-corrected chi connectivity index (χ2v) is 5.19. The number of phenolic OH excluding ortho intramolecular Hbond substituents is 1. The smallest absolute Gasteiger partial charge is 0.228 e. The van der Waals surface area contributed by atoms with Crippen LogP contribution in [0.4, 0.5) is 0 Å². The number of aromatic hydroxyl groups is 1. The van der Waals surface area contributed by atoms with Crippen LogP contribution in [0.25, 0.3) is 0 Å². The number of carbonyl (C=O) groups excluding carboxylic acids is 2. The molecular formula is C14H18N2O3. The van der Waals surface area contributed by atoms with E-state index in [-0.39, 0.29) is 24.0 Å². The molecule has 5 heteroatoms. The van der Waals surface area contributed by atoms with Crippen LogP contribution in [0.15, 0.2) is 24.3 Å². The highest BCUT2D eigenvalue weighted by Gasteiger charge is 2.40. The molecule has 2 amide bonds. The van der Waals surface area contributed by atoms with E-state index in [1.54, 1.807) is 19.1 Å². The lowest BCUT2D eigenvalue weighted by Crippen LogP contribution is -2.41. The van der Waals surface area contributed by atoms with Crippen molar-refractivity contribution in [2.45, 2.75) is 19.8 Å². The molecule has 2 rings (SSSR count). The van der Waals surface area contributed by atoms with Gasteiger partial charge in [-0.3, -0.25) is 9.59 Å². The minimum absolute atomic E-state index is 0.0730. The van der Waals surface area contributed by atoms with Crippen LogP contribution >= 0.6 is 0 Å². The van der Waals surface area contributed by atoms with Crippen molar-refractivity contribution in [3.8, 4) is 5.75 Å². The Labute approximate surface area is 112 Å². The van der Waals surface area contributed by atoms with Crippen LogP contribution in [-0.2, 0) is 16.0 Å². The third kappa shape index (κ3) is 3.24. The molecule has 19 heavy (non-hydrogen) atoms. The Kier molecular flexibility index (Phi) is 3.74. The highest BCUT2D eigenvalue weighted by molar-refractivity contribution is 5.92. The summed E-state index contributed by atoms with van der Waals surface area (Å²) in [6.45, 7) is 2.71. The van der Waals surface area contributed by atoms with Gasteiger partial charge in [0.15, 0.2) is 0 Å². The summed E-state index contributed by atoms with van der Waals surface area (Å²) in [5, 5.41) is 14.7. The maximum absolute atomic E-state index is 12.0. The largest absolute Gasteiger partial charge is 0.508 e. The molecule has 102 valence electrons. The summed E-state index contributed by atoms with van der Waals surface area (Å²) in [6, 6.07) is 6.89. The molecule has 1 aliphatic heterocycles. The maximum atomic E-state index is 12.0. The predicted molar refractivity (Wildman–Crippen MR) is 70.6 cm³/mol. The monoisotopic (exact) mass is 262 g/mol. The fourth-order valence-electron chi connectivity index (χ4n) is 2.13. The molecule has 0 bridgehead atoms. The lowest BCUT2D eigenvalue weighted by molar-refractivity contribution is -0.131. The Bertz CT molecular complexity index is 484. The van der Waals surface area contributed by atoms with Crippen molar-refractivity contribution in [2.75, 3.05) is 13.1 Å². The van der Waals surface area contributed by atoms with E-state index in [1.165, 1.54) is 0 Å². The number of amides is 2. The lowest BCUT2D eigenvalue weighted by Gasteiger charge is -2.20. The molecule has 0 aromatic heterocycles. The molecular weight excluding hydrogens is 244 g/mol. The van der Waals surface area contributed by atoms with Gasteiger partial charge in [0.1, 0.15) is 5.75 Å². The Hall–Kier alpha value is -2.04. The first kappa shape index (κ1) is 13.4. The first-order chi connectivity index (χ1) is 8.99. The van der Waals surface area contributed by atoms with Crippen LogP contribution in [-0.4, -0.2) is 30.0 Å². The van der Waals surface area contributed by atoms with Gasteiger partial charge in [-0.05, 0) is 31.0 Å². The molecule has 3 N–H and O–H groups in total. The van der Waals surface area contributed by atoms with E-state index >= 15 is 0 Å². The van der Waals surface area contributed by atoms with E-state index in [0.29, 0.717) is 19.5 Å². The maximum Gasteiger partial charge on any atom is 0.228 e. The molecule has 1 atom stereocenters. The van der Waals surface area contributed by atoms with Gasteiger partial charge in [-0.1, -0.05) is 12.1 Å². The second-order valence-electron chi connectivity index (χ2n) is 5.19. The molecule has 0 spiro atoms. The van der Waals surface area contributed by atoms with E-state index < -0.39 is 5.41 Å². The van der Waals surface area contributed by atoms with Crippen molar-refractivity contribution in [1.82, 2.24) is 10.6 Å². The van der Waals surface area contributed by atoms with Gasteiger partial charge >= 0.3 is 0 Å². The van der Waals surface area contributed by atoms with Crippen LogP contribution in [0.2, 0.25) is 0 Å². The minimum atomic E-state index is -0.633. The van der Waals surface area contributed by atoms with Crippen LogP contribution in [0.1, 0.15) is 18.9 Å². The van der Waals surface area contributed by atoms with Gasteiger partial charge < -0.3 is 15.7 Å². The van der Waals surface area contributed by atoms with Gasteiger partial charge in [0.25, 0.3) is 0 Å². The van der Waals surface area contributed by atoms with Gasteiger partial charge in [-0.2, -0.15) is 0 Å². The van der Waals surface area contributed by atoms with Crippen molar-refractivity contribution < 1.29 is 14.7 Å². The fourth-order valence-corrected chi connectivity index (χ4v) is 2.13. The zero-order chi connectivity index (χ0) is 13.9. The number of rotatable bonds is 4. The Morgan fingerprint density at radius 1 is 1.42 bits per heavy atom. The molecule has 5 nitrogen and oxygen atoms in total. The molecule has 1 aliphatic rings. The number of hydrogen-bond donors (Lipinski definition) is 3. The van der Waals surface area contributed by atoms with Crippen LogP contribution in [0.3, 0.4) is 0 Å². The lowest BCUT2D eigenvalue weighted by atomic mass is 9.88. The van der Waals surface area contributed by atoms with Crippen molar-refractivity contribution in [2.24, 2.45) is 5.41 Å². The van der Waals surface area contributed by atoms with Crippen LogP contribution in [0, 0.1) is 5.41 Å². The Morgan fingerprint density at radius 3 is 2.68 bits per heavy atom. The van der Waals surface area contributed by atoms with E-state index in [0.717, 1.165) is 5.56 Å². The van der Waals surface area contributed by atoms with Crippen molar-refractivity contribution in [3.63, 3.8) is 0 Å². The highest BCUT2D eigenvalue weighted by Crippen LogP contribution is 2.25. The molecule has 1 aromatic rings. The standard InChI is InChI=1S/C14H18N2O3/c1-14(8-12(18)16-9-14)13(19)15-7-6-10-2-4-11(17)5-3-10/h2-5,17H,6-9H2,1H3,(H,15,19)(H,16,18). The Morgan fingerprint density at radius 2 is 2.11 bits per heavy atom. The fraction of sp³-hybridized carbons (Fsp3) is 0.429. The van der Waals surface area contributed by atoms with Crippen LogP contribution in [0.5, 0.6) is 5.75 Å². The molecule has 1 heterocycles. The van der Waals surface area contributed by atoms with Gasteiger partial charge in [0.05, 0.1) is 5.41 Å². The predicted octanol–water partition coefficient (Wildman–Crippen LogP) is 0.577. The summed E-state index contributed by atoms with van der Waals surface area (Å²) in [6.07, 6.45) is 0.946. The Balaban J connectivity index is 1.81. The molecule has 0 saturated carbocycles. The van der Waals surface area contributed by atoms with Crippen molar-refractivity contribution in [3.05, 3.63) is 29.8 Å². The van der Waals surface area contributed by atoms with E-state index in [1.807, 2.05) is 12.1 Å². The van der Waals surface area contributed by atoms with E-state index in [9.17, 15) is 9.59 Å². The first-order valence-corrected chi connectivity index (χ1v) is 6.32. The summed E-state index contributed by atoms with van der Waals surface area (Å²) in [4.78, 5) is 23.2. The first-order valence-electron chi connectivity index (χ1n) is 6.32. The molecule has 1 fully saturated rings. The quantitative estimate of drug-likeness (QED) is 0.742. The zero-order valence-corrected chi connectivity index (χ0v) is 10.9. The summed E-state index contributed by atoms with van der Waals surface area (Å²) < 4.78 is 0. The average Bonchev–Trinajstić information content (AvgIpc) is 2.73. The summed E-state index contributed by atoms with van der Waals surface area (Å²) in [5.41, 5.74) is 0.412. The number of nitrogens with one attached hydrogen (secondary N) is 2. The molecule has 1 aromatic carbocycles. The van der Waals surface area contributed by atoms with Gasteiger partial charge in [-0.15, -0.1) is 0 Å². The third-order valence-electron chi connectivity index (χ3n) is 3.41. The number of hydrogen-bond acceptors (Lipinski definition) is 3.